The van der Waals surface area contributed by atoms with Gasteiger partial charge in [-0.3, -0.25) is 4.79 Å². The molecule has 1 saturated heterocycles. The third-order valence-electron chi connectivity index (χ3n) is 3.03. The van der Waals surface area contributed by atoms with E-state index in [0.29, 0.717) is 0 Å². The minimum absolute atomic E-state index is 0.190. The number of likely N-dealkylation sites (tertiary alicyclic amines) is 1. The minimum atomic E-state index is 0.190. The summed E-state index contributed by atoms with van der Waals surface area (Å²) in [6.45, 7) is 3.69. The number of thiophene rings is 1. The Morgan fingerprint density at radius 1 is 1.56 bits per heavy atom. The summed E-state index contributed by atoms with van der Waals surface area (Å²) < 4.78 is 0. The Kier molecular flexibility index (Phi) is 3.87. The van der Waals surface area contributed by atoms with Gasteiger partial charge in [-0.25, -0.2) is 0 Å². The second-order valence-corrected chi connectivity index (χ2v) is 5.63. The molecule has 4 heteroatoms. The van der Waals surface area contributed by atoms with E-state index in [1.165, 1.54) is 5.56 Å². The van der Waals surface area contributed by atoms with Gasteiger partial charge < -0.3 is 4.90 Å². The smallest absolute Gasteiger partial charge is 0.264 e. The molecule has 1 fully saturated rings. The Labute approximate surface area is 105 Å². The number of carbonyl (C=O) groups excluding carboxylic acids is 1. The van der Waals surface area contributed by atoms with Crippen LogP contribution in [-0.2, 0) is 6.42 Å². The van der Waals surface area contributed by atoms with E-state index < -0.39 is 0 Å². The minimum Gasteiger partial charge on any atom is -0.338 e. The number of hydrogen-bond donors (Lipinski definition) is 0. The highest BCUT2D eigenvalue weighted by Gasteiger charge is 2.24. The topological polar surface area (TPSA) is 20.3 Å². The maximum Gasteiger partial charge on any atom is 0.264 e. The average molecular weight is 258 g/mol. The molecule has 0 bridgehead atoms. The lowest BCUT2D eigenvalue weighted by atomic mass is 10.1. The first kappa shape index (κ1) is 11.9. The molecular formula is C12H16ClNOS. The quantitative estimate of drug-likeness (QED) is 0.746. The van der Waals surface area contributed by atoms with Gasteiger partial charge in [-0.1, -0.05) is 6.92 Å². The van der Waals surface area contributed by atoms with Crippen LogP contribution in [0.3, 0.4) is 0 Å². The molecule has 0 aliphatic carbocycles. The Bertz CT molecular complexity index is 369. The van der Waals surface area contributed by atoms with Crippen LogP contribution in [0.25, 0.3) is 0 Å². The van der Waals surface area contributed by atoms with E-state index >= 15 is 0 Å². The average Bonchev–Trinajstić information content (AvgIpc) is 2.77. The molecule has 1 aliphatic rings. The molecule has 2 heterocycles. The second kappa shape index (κ2) is 5.19. The number of halogens is 1. The number of hydrogen-bond acceptors (Lipinski definition) is 2. The van der Waals surface area contributed by atoms with E-state index in [-0.39, 0.29) is 11.3 Å². The fourth-order valence-corrected chi connectivity index (χ4v) is 3.15. The van der Waals surface area contributed by atoms with Gasteiger partial charge >= 0.3 is 0 Å². The number of aryl methyl sites for hydroxylation is 1. The van der Waals surface area contributed by atoms with Gasteiger partial charge in [0.15, 0.2) is 0 Å². The summed E-state index contributed by atoms with van der Waals surface area (Å²) in [5.74, 6) is 0.190. The normalized spacial score (nSPS) is 17.8. The second-order valence-electron chi connectivity index (χ2n) is 4.10. The van der Waals surface area contributed by atoms with Crippen molar-refractivity contribution in [3.05, 3.63) is 21.9 Å². The van der Waals surface area contributed by atoms with Crippen molar-refractivity contribution in [3.63, 3.8) is 0 Å². The lowest BCUT2D eigenvalue weighted by Gasteiger charge is -2.29. The highest BCUT2D eigenvalue weighted by molar-refractivity contribution is 7.12. The molecule has 1 aromatic rings. The highest BCUT2D eigenvalue weighted by atomic mass is 35.5. The van der Waals surface area contributed by atoms with Crippen molar-refractivity contribution >= 4 is 28.8 Å². The Hall–Kier alpha value is -0.540. The monoisotopic (exact) mass is 257 g/mol. The summed E-state index contributed by atoms with van der Waals surface area (Å²) in [6.07, 6.45) is 2.76. The van der Waals surface area contributed by atoms with Crippen LogP contribution in [0.4, 0.5) is 0 Å². The van der Waals surface area contributed by atoms with Gasteiger partial charge in [0.05, 0.1) is 4.88 Å². The number of piperidine rings is 1. The zero-order valence-electron chi connectivity index (χ0n) is 9.41. The number of rotatable bonds is 2. The van der Waals surface area contributed by atoms with Gasteiger partial charge in [0, 0.05) is 18.5 Å². The summed E-state index contributed by atoms with van der Waals surface area (Å²) in [4.78, 5) is 15.1. The van der Waals surface area contributed by atoms with Crippen molar-refractivity contribution in [2.45, 2.75) is 31.6 Å². The first-order chi connectivity index (χ1) is 7.72. The van der Waals surface area contributed by atoms with Crippen molar-refractivity contribution in [2.24, 2.45) is 0 Å². The van der Waals surface area contributed by atoms with Crippen molar-refractivity contribution in [3.8, 4) is 0 Å². The standard InChI is InChI=1S/C12H16ClNOS/c1-2-9-5-8-16-11(9)12(15)14-6-3-10(13)4-7-14/h5,8,10H,2-4,6-7H2,1H3. The van der Waals surface area contributed by atoms with Crippen molar-refractivity contribution in [1.29, 1.82) is 0 Å². The van der Waals surface area contributed by atoms with Gasteiger partial charge in [0.1, 0.15) is 0 Å². The van der Waals surface area contributed by atoms with Gasteiger partial charge in [0.2, 0.25) is 0 Å². The predicted octanol–water partition coefficient (Wildman–Crippen LogP) is 3.15. The van der Waals surface area contributed by atoms with Crippen LogP contribution in [0.1, 0.15) is 35.0 Å². The molecule has 0 N–H and O–H groups in total. The Morgan fingerprint density at radius 3 is 2.88 bits per heavy atom. The molecule has 0 atom stereocenters. The van der Waals surface area contributed by atoms with Gasteiger partial charge in [0.25, 0.3) is 5.91 Å². The predicted molar refractivity (Wildman–Crippen MR) is 68.5 cm³/mol. The largest absolute Gasteiger partial charge is 0.338 e. The van der Waals surface area contributed by atoms with Gasteiger partial charge in [-0.2, -0.15) is 0 Å². The third-order valence-corrected chi connectivity index (χ3v) is 4.41. The molecule has 1 aromatic heterocycles. The lowest BCUT2D eigenvalue weighted by molar-refractivity contribution is 0.0730. The molecule has 0 aromatic carbocycles. The van der Waals surface area contributed by atoms with E-state index in [9.17, 15) is 4.79 Å². The maximum absolute atomic E-state index is 12.2. The maximum atomic E-state index is 12.2. The number of carbonyl (C=O) groups is 1. The molecule has 1 aliphatic heterocycles. The molecule has 0 unspecified atom stereocenters. The third kappa shape index (κ3) is 2.41. The Morgan fingerprint density at radius 2 is 2.25 bits per heavy atom. The highest BCUT2D eigenvalue weighted by Crippen LogP contribution is 2.23. The number of alkyl halides is 1. The van der Waals surface area contributed by atoms with E-state index in [1.807, 2.05) is 16.3 Å². The van der Waals surface area contributed by atoms with Crippen LogP contribution in [0, 0.1) is 0 Å². The summed E-state index contributed by atoms with van der Waals surface area (Å²) in [6, 6.07) is 2.05. The molecule has 88 valence electrons. The van der Waals surface area contributed by atoms with Crippen LogP contribution in [0.5, 0.6) is 0 Å². The molecule has 0 saturated carbocycles. The van der Waals surface area contributed by atoms with Gasteiger partial charge in [-0.05, 0) is 36.3 Å². The fraction of sp³-hybridized carbons (Fsp3) is 0.583. The van der Waals surface area contributed by atoms with Crippen LogP contribution in [0.2, 0.25) is 0 Å². The molecule has 1 amide bonds. The molecule has 0 radical (unpaired) electrons. The zero-order chi connectivity index (χ0) is 11.5. The van der Waals surface area contributed by atoms with Crippen LogP contribution < -0.4 is 0 Å². The lowest BCUT2D eigenvalue weighted by Crippen LogP contribution is -2.38. The summed E-state index contributed by atoms with van der Waals surface area (Å²) in [5, 5.41) is 2.25. The summed E-state index contributed by atoms with van der Waals surface area (Å²) in [5.41, 5.74) is 1.17. The molecule has 16 heavy (non-hydrogen) atoms. The van der Waals surface area contributed by atoms with Crippen molar-refractivity contribution < 1.29 is 4.79 Å². The van der Waals surface area contributed by atoms with Crippen molar-refractivity contribution in [2.75, 3.05) is 13.1 Å². The van der Waals surface area contributed by atoms with Gasteiger partial charge in [-0.15, -0.1) is 22.9 Å². The van der Waals surface area contributed by atoms with Crippen molar-refractivity contribution in [1.82, 2.24) is 4.90 Å². The SMILES string of the molecule is CCc1ccsc1C(=O)N1CCC(Cl)CC1. The number of nitrogens with zero attached hydrogens (tertiary/aromatic N) is 1. The fourth-order valence-electron chi connectivity index (χ4n) is 2.00. The van der Waals surface area contributed by atoms with Crippen LogP contribution >= 0.6 is 22.9 Å². The molecule has 0 spiro atoms. The first-order valence-electron chi connectivity index (χ1n) is 5.72. The van der Waals surface area contributed by atoms with Crippen LogP contribution in [-0.4, -0.2) is 29.3 Å². The Balaban J connectivity index is 2.07. The molecule has 2 rings (SSSR count). The van der Waals surface area contributed by atoms with E-state index in [0.717, 1.165) is 37.2 Å². The molecule has 2 nitrogen and oxygen atoms in total. The van der Waals surface area contributed by atoms with E-state index in [4.69, 9.17) is 11.6 Å². The number of amides is 1. The summed E-state index contributed by atoms with van der Waals surface area (Å²) in [7, 11) is 0. The summed E-state index contributed by atoms with van der Waals surface area (Å²) >= 11 is 7.59. The first-order valence-corrected chi connectivity index (χ1v) is 7.03. The zero-order valence-corrected chi connectivity index (χ0v) is 11.0. The van der Waals surface area contributed by atoms with E-state index in [2.05, 4.69) is 6.92 Å². The van der Waals surface area contributed by atoms with Crippen LogP contribution in [0.15, 0.2) is 11.4 Å². The van der Waals surface area contributed by atoms with E-state index in [1.54, 1.807) is 11.3 Å². The molecular weight excluding hydrogens is 242 g/mol.